The average molecular weight is 282 g/mol. The molecule has 1 aromatic heterocycles. The Morgan fingerprint density at radius 3 is 2.40 bits per heavy atom. The lowest BCUT2D eigenvalue weighted by molar-refractivity contribution is 0.197. The molecule has 2 N–H and O–H groups in total. The summed E-state index contributed by atoms with van der Waals surface area (Å²) in [6.07, 6.45) is 4.63. The van der Waals surface area contributed by atoms with E-state index in [0.717, 1.165) is 12.8 Å². The number of unbranched alkanes of at least 4 members (excludes halogenated alkanes) is 1. The molecule has 0 amide bonds. The summed E-state index contributed by atoms with van der Waals surface area (Å²) in [5.41, 5.74) is 5.63. The molecule has 0 aliphatic rings. The highest BCUT2D eigenvalue weighted by atomic mass is 16.5. The van der Waals surface area contributed by atoms with Gasteiger partial charge in [-0.05, 0) is 26.2 Å². The van der Waals surface area contributed by atoms with E-state index in [1.807, 2.05) is 13.8 Å². The van der Waals surface area contributed by atoms with Crippen LogP contribution in [0.25, 0.3) is 0 Å². The van der Waals surface area contributed by atoms with E-state index < -0.39 is 0 Å². The summed E-state index contributed by atoms with van der Waals surface area (Å²) in [5.74, 6) is 0.634. The third-order valence-corrected chi connectivity index (χ3v) is 2.94. The average Bonchev–Trinajstić information content (AvgIpc) is 2.37. The van der Waals surface area contributed by atoms with Crippen molar-refractivity contribution in [2.45, 2.75) is 59.5 Å². The zero-order valence-corrected chi connectivity index (χ0v) is 12.9. The number of nitrogens with two attached hydrogens (primary N) is 1. The maximum atomic E-state index is 5.64. The molecule has 0 aromatic carbocycles. The molecule has 1 aromatic rings. The molecule has 0 bridgehead atoms. The maximum absolute atomic E-state index is 5.64. The second-order valence-electron chi connectivity index (χ2n) is 5.15. The number of nitrogens with zero attached hydrogens (tertiary/aromatic N) is 3. The molecule has 1 heterocycles. The Morgan fingerprint density at radius 1 is 1.10 bits per heavy atom. The Morgan fingerprint density at radius 2 is 1.80 bits per heavy atom. The van der Waals surface area contributed by atoms with Gasteiger partial charge in [-0.3, -0.25) is 0 Å². The van der Waals surface area contributed by atoms with E-state index in [1.165, 1.54) is 12.8 Å². The fraction of sp³-hybridized carbons (Fsp3) is 0.786. The number of aromatic nitrogens is 3. The van der Waals surface area contributed by atoms with Crippen LogP contribution < -0.4 is 15.2 Å². The second kappa shape index (κ2) is 8.55. The first-order chi connectivity index (χ1) is 9.55. The van der Waals surface area contributed by atoms with Crippen LogP contribution in [0.15, 0.2) is 0 Å². The van der Waals surface area contributed by atoms with E-state index in [1.54, 1.807) is 0 Å². The van der Waals surface area contributed by atoms with Crippen molar-refractivity contribution in [1.82, 2.24) is 15.0 Å². The molecule has 0 aliphatic carbocycles. The summed E-state index contributed by atoms with van der Waals surface area (Å²) in [6.45, 7) is 8.76. The highest BCUT2D eigenvalue weighted by Gasteiger charge is 2.11. The Hall–Kier alpha value is -1.59. The van der Waals surface area contributed by atoms with Gasteiger partial charge in [-0.2, -0.15) is 9.97 Å². The lowest BCUT2D eigenvalue weighted by atomic mass is 10.0. The van der Waals surface area contributed by atoms with Gasteiger partial charge in [-0.1, -0.05) is 33.1 Å². The Kier molecular flexibility index (Phi) is 7.04. The van der Waals surface area contributed by atoms with Crippen molar-refractivity contribution >= 4 is 5.95 Å². The molecule has 0 saturated heterocycles. The van der Waals surface area contributed by atoms with Crippen molar-refractivity contribution in [3.05, 3.63) is 0 Å². The zero-order chi connectivity index (χ0) is 15.0. The summed E-state index contributed by atoms with van der Waals surface area (Å²) in [4.78, 5) is 12.0. The van der Waals surface area contributed by atoms with E-state index >= 15 is 0 Å². The molecular formula is C14H26N4O2. The van der Waals surface area contributed by atoms with Crippen LogP contribution in [-0.4, -0.2) is 27.7 Å². The monoisotopic (exact) mass is 282 g/mol. The quantitative estimate of drug-likeness (QED) is 0.750. The number of hydrogen-bond donors (Lipinski definition) is 1. The Labute approximate surface area is 121 Å². The molecule has 1 atom stereocenters. The number of ether oxygens (including phenoxy) is 2. The first-order valence-corrected chi connectivity index (χ1v) is 7.36. The number of nitrogen functional groups attached to an aromatic ring is 1. The third kappa shape index (κ3) is 6.04. The third-order valence-electron chi connectivity index (χ3n) is 2.94. The molecule has 1 unspecified atom stereocenters. The summed E-state index contributed by atoms with van der Waals surface area (Å²) >= 11 is 0. The van der Waals surface area contributed by atoms with Crippen molar-refractivity contribution < 1.29 is 9.47 Å². The zero-order valence-electron chi connectivity index (χ0n) is 12.9. The molecule has 114 valence electrons. The number of anilines is 1. The van der Waals surface area contributed by atoms with Crippen molar-refractivity contribution in [3.8, 4) is 12.0 Å². The van der Waals surface area contributed by atoms with Crippen molar-refractivity contribution in [1.29, 1.82) is 0 Å². The number of rotatable bonds is 9. The minimum Gasteiger partial charge on any atom is -0.463 e. The largest absolute Gasteiger partial charge is 0.463 e. The summed E-state index contributed by atoms with van der Waals surface area (Å²) in [7, 11) is 0. The molecule has 6 nitrogen and oxygen atoms in total. The predicted octanol–water partition coefficient (Wildman–Crippen LogP) is 2.84. The summed E-state index contributed by atoms with van der Waals surface area (Å²) in [6, 6.07) is 0.451. The van der Waals surface area contributed by atoms with Crippen LogP contribution in [0.2, 0.25) is 0 Å². The summed E-state index contributed by atoms with van der Waals surface area (Å²) in [5, 5.41) is 0. The smallest absolute Gasteiger partial charge is 0.324 e. The fourth-order valence-corrected chi connectivity index (χ4v) is 1.77. The van der Waals surface area contributed by atoms with Crippen molar-refractivity contribution in [2.24, 2.45) is 5.92 Å². The van der Waals surface area contributed by atoms with Gasteiger partial charge in [0.1, 0.15) is 0 Å². The van der Waals surface area contributed by atoms with Gasteiger partial charge < -0.3 is 15.2 Å². The van der Waals surface area contributed by atoms with E-state index in [0.29, 0.717) is 12.5 Å². The Balaban J connectivity index is 2.59. The molecule has 0 fully saturated rings. The highest BCUT2D eigenvalue weighted by Crippen LogP contribution is 2.16. The van der Waals surface area contributed by atoms with Gasteiger partial charge in [0.05, 0.1) is 12.7 Å². The van der Waals surface area contributed by atoms with Gasteiger partial charge in [0, 0.05) is 0 Å². The highest BCUT2D eigenvalue weighted by molar-refractivity contribution is 5.20. The lowest BCUT2D eigenvalue weighted by Gasteiger charge is -2.15. The molecule has 20 heavy (non-hydrogen) atoms. The van der Waals surface area contributed by atoms with Crippen LogP contribution in [0.1, 0.15) is 53.4 Å². The van der Waals surface area contributed by atoms with Crippen LogP contribution in [0, 0.1) is 5.92 Å². The lowest BCUT2D eigenvalue weighted by Crippen LogP contribution is -2.15. The van der Waals surface area contributed by atoms with Gasteiger partial charge in [0.25, 0.3) is 0 Å². The molecule has 0 spiro atoms. The van der Waals surface area contributed by atoms with Crippen LogP contribution in [0.5, 0.6) is 12.0 Å². The molecule has 1 rings (SSSR count). The minimum absolute atomic E-state index is 0.0161. The first-order valence-electron chi connectivity index (χ1n) is 7.36. The van der Waals surface area contributed by atoms with Gasteiger partial charge in [-0.15, -0.1) is 4.98 Å². The molecular weight excluding hydrogens is 256 g/mol. The predicted molar refractivity (Wildman–Crippen MR) is 78.8 cm³/mol. The molecule has 6 heteroatoms. The van der Waals surface area contributed by atoms with E-state index in [4.69, 9.17) is 15.2 Å². The normalized spacial score (nSPS) is 12.4. The molecule has 0 aliphatic heterocycles. The van der Waals surface area contributed by atoms with Gasteiger partial charge >= 0.3 is 12.0 Å². The maximum Gasteiger partial charge on any atom is 0.324 e. The Bertz CT molecular complexity index is 399. The van der Waals surface area contributed by atoms with Crippen LogP contribution >= 0.6 is 0 Å². The van der Waals surface area contributed by atoms with Gasteiger partial charge in [0.15, 0.2) is 0 Å². The van der Waals surface area contributed by atoms with E-state index in [2.05, 4.69) is 28.8 Å². The van der Waals surface area contributed by atoms with Gasteiger partial charge in [-0.25, -0.2) is 0 Å². The second-order valence-corrected chi connectivity index (χ2v) is 5.15. The van der Waals surface area contributed by atoms with Crippen molar-refractivity contribution in [3.63, 3.8) is 0 Å². The van der Waals surface area contributed by atoms with Gasteiger partial charge in [0.2, 0.25) is 5.95 Å². The molecule has 0 radical (unpaired) electrons. The number of hydrogen-bond acceptors (Lipinski definition) is 6. The summed E-state index contributed by atoms with van der Waals surface area (Å²) < 4.78 is 11.0. The SMILES string of the molecule is CCCCC(CC)COc1nc(N)nc(OC(C)C)n1. The minimum atomic E-state index is -0.0161. The topological polar surface area (TPSA) is 83.2 Å². The first kappa shape index (κ1) is 16.5. The molecule has 0 saturated carbocycles. The van der Waals surface area contributed by atoms with E-state index in [9.17, 15) is 0 Å². The van der Waals surface area contributed by atoms with Crippen molar-refractivity contribution in [2.75, 3.05) is 12.3 Å². The van der Waals surface area contributed by atoms with Crippen LogP contribution in [-0.2, 0) is 0 Å². The van der Waals surface area contributed by atoms with E-state index in [-0.39, 0.29) is 24.1 Å². The van der Waals surface area contributed by atoms with Crippen LogP contribution in [0.4, 0.5) is 5.95 Å². The standard InChI is InChI=1S/C14H26N4O2/c1-5-7-8-11(6-2)9-19-13-16-12(15)17-14(18-13)20-10(3)4/h10-11H,5-9H2,1-4H3,(H2,15,16,17,18). The fourth-order valence-electron chi connectivity index (χ4n) is 1.77. The van der Waals surface area contributed by atoms with Crippen LogP contribution in [0.3, 0.4) is 0 Å².